The van der Waals surface area contributed by atoms with E-state index in [1.54, 1.807) is 17.5 Å². The maximum atomic E-state index is 4.19. The van der Waals surface area contributed by atoms with Crippen molar-refractivity contribution in [2.75, 3.05) is 5.32 Å². The lowest BCUT2D eigenvalue weighted by atomic mass is 10.4. The smallest absolute Gasteiger partial charge is 0.202 e. The van der Waals surface area contributed by atoms with Crippen LogP contribution in [-0.2, 0) is 13.6 Å². The number of imidazole rings is 1. The molecule has 5 heteroatoms. The molecule has 0 aliphatic rings. The van der Waals surface area contributed by atoms with Crippen molar-refractivity contribution < 1.29 is 0 Å². The van der Waals surface area contributed by atoms with Crippen LogP contribution >= 0.6 is 11.3 Å². The molecule has 2 heterocycles. The van der Waals surface area contributed by atoms with Gasteiger partial charge in [-0.1, -0.05) is 0 Å². The van der Waals surface area contributed by atoms with Crippen LogP contribution in [0, 0.1) is 6.92 Å². The van der Waals surface area contributed by atoms with E-state index >= 15 is 0 Å². The van der Waals surface area contributed by atoms with Gasteiger partial charge in [0.25, 0.3) is 0 Å². The van der Waals surface area contributed by atoms with Gasteiger partial charge in [0.2, 0.25) is 5.95 Å². The van der Waals surface area contributed by atoms with Crippen LogP contribution in [0.25, 0.3) is 0 Å². The minimum absolute atomic E-state index is 0.793. The molecule has 14 heavy (non-hydrogen) atoms. The second-order valence-corrected chi connectivity index (χ2v) is 4.02. The molecule has 0 aromatic carbocycles. The Balaban J connectivity index is 2.02. The summed E-state index contributed by atoms with van der Waals surface area (Å²) in [6.07, 6.45) is 3.70. The molecule has 0 radical (unpaired) electrons. The standard InChI is InChI=1S/C9H12N4S/c1-7-8(14-6-12-7)5-11-9-10-3-4-13(9)2/h3-4,6H,5H2,1-2H3,(H,10,11). The fourth-order valence-electron chi connectivity index (χ4n) is 1.19. The number of aromatic nitrogens is 3. The number of nitrogens with zero attached hydrogens (tertiary/aromatic N) is 3. The molecule has 2 aromatic rings. The highest BCUT2D eigenvalue weighted by atomic mass is 32.1. The number of rotatable bonds is 3. The number of hydrogen-bond donors (Lipinski definition) is 1. The molecule has 2 rings (SSSR count). The van der Waals surface area contributed by atoms with Crippen LogP contribution in [0.5, 0.6) is 0 Å². The van der Waals surface area contributed by atoms with Crippen molar-refractivity contribution in [3.8, 4) is 0 Å². The lowest BCUT2D eigenvalue weighted by molar-refractivity contribution is 0.900. The molecular weight excluding hydrogens is 196 g/mol. The molecular formula is C9H12N4S. The van der Waals surface area contributed by atoms with Gasteiger partial charge in [0.15, 0.2) is 0 Å². The monoisotopic (exact) mass is 208 g/mol. The van der Waals surface area contributed by atoms with Gasteiger partial charge in [-0.25, -0.2) is 9.97 Å². The van der Waals surface area contributed by atoms with Gasteiger partial charge in [-0.2, -0.15) is 0 Å². The van der Waals surface area contributed by atoms with Crippen LogP contribution in [0.3, 0.4) is 0 Å². The van der Waals surface area contributed by atoms with Crippen molar-refractivity contribution in [3.05, 3.63) is 28.5 Å². The third kappa shape index (κ3) is 1.77. The minimum atomic E-state index is 0.793. The van der Waals surface area contributed by atoms with E-state index in [4.69, 9.17) is 0 Å². The Morgan fingerprint density at radius 1 is 1.50 bits per heavy atom. The van der Waals surface area contributed by atoms with E-state index in [-0.39, 0.29) is 0 Å². The molecule has 1 N–H and O–H groups in total. The summed E-state index contributed by atoms with van der Waals surface area (Å²) in [5.74, 6) is 0.887. The van der Waals surface area contributed by atoms with E-state index in [9.17, 15) is 0 Å². The minimum Gasteiger partial charge on any atom is -0.351 e. The average molecular weight is 208 g/mol. The summed E-state index contributed by atoms with van der Waals surface area (Å²) in [5, 5.41) is 3.26. The average Bonchev–Trinajstić information content (AvgIpc) is 2.72. The molecule has 0 atom stereocenters. The molecule has 0 amide bonds. The fraction of sp³-hybridized carbons (Fsp3) is 0.333. The largest absolute Gasteiger partial charge is 0.351 e. The van der Waals surface area contributed by atoms with Crippen molar-refractivity contribution in [1.82, 2.24) is 14.5 Å². The first kappa shape index (κ1) is 9.21. The van der Waals surface area contributed by atoms with Gasteiger partial charge >= 0.3 is 0 Å². The van der Waals surface area contributed by atoms with Crippen molar-refractivity contribution in [2.24, 2.45) is 7.05 Å². The topological polar surface area (TPSA) is 42.7 Å². The van der Waals surface area contributed by atoms with Crippen molar-refractivity contribution in [2.45, 2.75) is 13.5 Å². The predicted octanol–water partition coefficient (Wildman–Crippen LogP) is 1.80. The van der Waals surface area contributed by atoms with Crippen LogP contribution in [-0.4, -0.2) is 14.5 Å². The molecule has 0 aliphatic carbocycles. The molecule has 0 unspecified atom stereocenters. The summed E-state index contributed by atoms with van der Waals surface area (Å²) in [4.78, 5) is 9.63. The first-order valence-corrected chi connectivity index (χ1v) is 5.25. The van der Waals surface area contributed by atoms with Crippen molar-refractivity contribution >= 4 is 17.3 Å². The van der Waals surface area contributed by atoms with E-state index in [0.29, 0.717) is 0 Å². The number of hydrogen-bond acceptors (Lipinski definition) is 4. The summed E-state index contributed by atoms with van der Waals surface area (Å²) < 4.78 is 1.95. The van der Waals surface area contributed by atoms with Crippen LogP contribution in [0.1, 0.15) is 10.6 Å². The highest BCUT2D eigenvalue weighted by Crippen LogP contribution is 2.13. The highest BCUT2D eigenvalue weighted by Gasteiger charge is 2.02. The zero-order valence-electron chi connectivity index (χ0n) is 8.19. The van der Waals surface area contributed by atoms with Crippen molar-refractivity contribution in [1.29, 1.82) is 0 Å². The number of thiazole rings is 1. The van der Waals surface area contributed by atoms with E-state index in [0.717, 1.165) is 18.2 Å². The quantitative estimate of drug-likeness (QED) is 0.836. The first-order valence-electron chi connectivity index (χ1n) is 4.37. The Hall–Kier alpha value is -1.36. The van der Waals surface area contributed by atoms with Gasteiger partial charge in [-0.3, -0.25) is 0 Å². The van der Waals surface area contributed by atoms with Gasteiger partial charge in [-0.05, 0) is 6.92 Å². The number of anilines is 1. The molecule has 0 saturated carbocycles. The normalized spacial score (nSPS) is 10.4. The third-order valence-corrected chi connectivity index (χ3v) is 3.01. The second-order valence-electron chi connectivity index (χ2n) is 3.08. The Morgan fingerprint density at radius 3 is 2.93 bits per heavy atom. The zero-order valence-corrected chi connectivity index (χ0v) is 9.01. The van der Waals surface area contributed by atoms with Gasteiger partial charge < -0.3 is 9.88 Å². The van der Waals surface area contributed by atoms with Crippen LogP contribution in [0.2, 0.25) is 0 Å². The van der Waals surface area contributed by atoms with Crippen LogP contribution < -0.4 is 5.32 Å². The van der Waals surface area contributed by atoms with Crippen LogP contribution in [0.15, 0.2) is 17.9 Å². The molecule has 4 nitrogen and oxygen atoms in total. The maximum Gasteiger partial charge on any atom is 0.202 e. The molecule has 0 fully saturated rings. The van der Waals surface area contributed by atoms with E-state index in [1.165, 1.54) is 4.88 Å². The Labute approximate surface area is 86.6 Å². The Morgan fingerprint density at radius 2 is 2.36 bits per heavy atom. The summed E-state index contributed by atoms with van der Waals surface area (Å²) in [7, 11) is 1.97. The van der Waals surface area contributed by atoms with E-state index < -0.39 is 0 Å². The summed E-state index contributed by atoms with van der Waals surface area (Å²) in [6.45, 7) is 2.81. The summed E-state index contributed by atoms with van der Waals surface area (Å²) in [6, 6.07) is 0. The number of nitrogens with one attached hydrogen (secondary N) is 1. The maximum absolute atomic E-state index is 4.19. The van der Waals surface area contributed by atoms with E-state index in [2.05, 4.69) is 15.3 Å². The lowest BCUT2D eigenvalue weighted by Crippen LogP contribution is -2.04. The second kappa shape index (κ2) is 3.79. The molecule has 0 aliphatic heterocycles. The zero-order chi connectivity index (χ0) is 9.97. The highest BCUT2D eigenvalue weighted by molar-refractivity contribution is 7.09. The summed E-state index contributed by atoms with van der Waals surface area (Å²) >= 11 is 1.67. The van der Waals surface area contributed by atoms with Gasteiger partial charge in [0.1, 0.15) is 0 Å². The number of aryl methyl sites for hydroxylation is 2. The lowest BCUT2D eigenvalue weighted by Gasteiger charge is -2.04. The van der Waals surface area contributed by atoms with Crippen molar-refractivity contribution in [3.63, 3.8) is 0 Å². The Bertz CT molecular complexity index is 378. The predicted molar refractivity (Wildman–Crippen MR) is 57.4 cm³/mol. The SMILES string of the molecule is Cc1ncsc1CNc1nccn1C. The molecule has 0 spiro atoms. The molecule has 2 aromatic heterocycles. The third-order valence-electron chi connectivity index (χ3n) is 2.07. The van der Waals surface area contributed by atoms with Gasteiger partial charge in [0, 0.05) is 24.3 Å². The van der Waals surface area contributed by atoms with E-state index in [1.807, 2.05) is 30.2 Å². The van der Waals surface area contributed by atoms with Gasteiger partial charge in [0.05, 0.1) is 17.7 Å². The Kier molecular flexibility index (Phi) is 2.49. The first-order chi connectivity index (χ1) is 6.77. The molecule has 0 saturated heterocycles. The molecule has 0 bridgehead atoms. The van der Waals surface area contributed by atoms with Gasteiger partial charge in [-0.15, -0.1) is 11.3 Å². The van der Waals surface area contributed by atoms with Crippen LogP contribution in [0.4, 0.5) is 5.95 Å². The molecule has 74 valence electrons. The fourth-order valence-corrected chi connectivity index (χ4v) is 1.91. The summed E-state index contributed by atoms with van der Waals surface area (Å²) in [5.41, 5.74) is 2.96.